The highest BCUT2D eigenvalue weighted by Crippen LogP contribution is 2.45. The molecule has 1 aromatic rings. The summed E-state index contributed by atoms with van der Waals surface area (Å²) < 4.78 is 34.8. The van der Waals surface area contributed by atoms with Gasteiger partial charge in [0.2, 0.25) is 5.91 Å². The number of hydrogen-bond donors (Lipinski definition) is 4. The van der Waals surface area contributed by atoms with Gasteiger partial charge in [-0.05, 0) is 69.2 Å². The number of fused-ring (bicyclic) bond motifs is 2. The number of anilines is 1. The number of nitrogens with zero attached hydrogens (tertiary/aromatic N) is 2. The van der Waals surface area contributed by atoms with Crippen molar-refractivity contribution in [1.82, 2.24) is 14.9 Å². The fourth-order valence-corrected chi connectivity index (χ4v) is 6.11. The molecule has 40 heavy (non-hydrogen) atoms. The van der Waals surface area contributed by atoms with Gasteiger partial charge in [0.15, 0.2) is 6.10 Å². The van der Waals surface area contributed by atoms with Crippen molar-refractivity contribution in [2.75, 3.05) is 11.3 Å². The lowest BCUT2D eigenvalue weighted by Crippen LogP contribution is -2.57. The van der Waals surface area contributed by atoms with E-state index in [1.807, 2.05) is 16.9 Å². The van der Waals surface area contributed by atoms with Gasteiger partial charge in [-0.2, -0.15) is 13.7 Å². The van der Waals surface area contributed by atoms with Crippen molar-refractivity contribution in [2.24, 2.45) is 11.7 Å². The maximum Gasteiger partial charge on any atom is 0.405 e. The van der Waals surface area contributed by atoms with Gasteiger partial charge in [0.25, 0.3) is 11.8 Å². The highest BCUT2D eigenvalue weighted by molar-refractivity contribution is 7.91. The summed E-state index contributed by atoms with van der Waals surface area (Å²) in [6, 6.07) is 6.63. The van der Waals surface area contributed by atoms with E-state index in [2.05, 4.69) is 10.0 Å². The molecule has 13 nitrogen and oxygen atoms in total. The Kier molecular flexibility index (Phi) is 8.63. The third kappa shape index (κ3) is 6.71. The molecule has 14 heteroatoms. The van der Waals surface area contributed by atoms with E-state index in [0.717, 1.165) is 12.8 Å². The first-order chi connectivity index (χ1) is 19.0. The summed E-state index contributed by atoms with van der Waals surface area (Å²) in [5, 5.41) is 11.7. The molecule has 0 radical (unpaired) electrons. The average Bonchev–Trinajstić information content (AvgIpc) is 3.36. The van der Waals surface area contributed by atoms with Crippen molar-refractivity contribution < 1.29 is 32.3 Å². The average molecular weight is 573 g/mol. The van der Waals surface area contributed by atoms with Crippen LogP contribution in [0.15, 0.2) is 36.4 Å². The quantitative estimate of drug-likeness (QED) is 0.377. The standard InChI is InChI=1S/C26H32N6O7S/c27-16-17-10-12-19(13-11-17)30-40(37,38)31-24(35)26-15-18(26)7-4-2-1-3-5-9-21(39-25(28)36)23(34)32-14-6-8-20(32)22(33)29-26/h4,7,10-13,18,20-21,30H,1-3,5-6,8-9,14-15H2,(H2,28,36)(H,29,33)(H,31,35)/b7-4-. The van der Waals surface area contributed by atoms with Crippen LogP contribution in [-0.2, 0) is 29.3 Å². The Labute approximate surface area is 232 Å². The van der Waals surface area contributed by atoms with Crippen LogP contribution in [0.5, 0.6) is 0 Å². The molecule has 2 heterocycles. The molecule has 4 unspecified atom stereocenters. The van der Waals surface area contributed by atoms with E-state index in [4.69, 9.17) is 15.7 Å². The second kappa shape index (κ2) is 12.0. The van der Waals surface area contributed by atoms with Gasteiger partial charge in [-0.1, -0.05) is 18.6 Å². The van der Waals surface area contributed by atoms with Crippen LogP contribution in [0.4, 0.5) is 10.5 Å². The number of ether oxygens (including phenoxy) is 1. The van der Waals surface area contributed by atoms with E-state index < -0.39 is 57.6 Å². The van der Waals surface area contributed by atoms with E-state index in [-0.39, 0.29) is 25.1 Å². The van der Waals surface area contributed by atoms with Gasteiger partial charge >= 0.3 is 16.3 Å². The van der Waals surface area contributed by atoms with Crippen LogP contribution in [0, 0.1) is 17.2 Å². The van der Waals surface area contributed by atoms with Crippen LogP contribution in [0.3, 0.4) is 0 Å². The fraction of sp³-hybridized carbons (Fsp3) is 0.500. The number of carbonyl (C=O) groups excluding carboxylic acids is 4. The second-order valence-corrected chi connectivity index (χ2v) is 11.6. The van der Waals surface area contributed by atoms with Crippen molar-refractivity contribution in [1.29, 1.82) is 5.26 Å². The minimum Gasteiger partial charge on any atom is -0.436 e. The Balaban J connectivity index is 1.54. The van der Waals surface area contributed by atoms with Crippen molar-refractivity contribution in [3.63, 3.8) is 0 Å². The normalized spacial score (nSPS) is 27.9. The van der Waals surface area contributed by atoms with Crippen molar-refractivity contribution in [3.05, 3.63) is 42.0 Å². The summed E-state index contributed by atoms with van der Waals surface area (Å²) in [7, 11) is -4.38. The smallest absolute Gasteiger partial charge is 0.405 e. The molecule has 0 spiro atoms. The third-order valence-corrected chi connectivity index (χ3v) is 8.30. The molecule has 4 atom stereocenters. The van der Waals surface area contributed by atoms with Gasteiger partial charge in [-0.25, -0.2) is 9.52 Å². The molecule has 0 bridgehead atoms. The summed E-state index contributed by atoms with van der Waals surface area (Å²) in [5.74, 6) is -2.47. The van der Waals surface area contributed by atoms with E-state index in [1.165, 1.54) is 29.2 Å². The van der Waals surface area contributed by atoms with Crippen LogP contribution in [0.1, 0.15) is 56.9 Å². The summed E-state index contributed by atoms with van der Waals surface area (Å²) in [6.07, 6.45) is 5.63. The molecule has 0 aromatic heterocycles. The zero-order valence-electron chi connectivity index (χ0n) is 21.8. The van der Waals surface area contributed by atoms with E-state index >= 15 is 0 Å². The molecule has 1 aromatic carbocycles. The van der Waals surface area contributed by atoms with Gasteiger partial charge in [-0.3, -0.25) is 19.1 Å². The van der Waals surface area contributed by atoms with E-state index in [9.17, 15) is 27.6 Å². The van der Waals surface area contributed by atoms with Gasteiger partial charge in [-0.15, -0.1) is 0 Å². The lowest BCUT2D eigenvalue weighted by Gasteiger charge is -2.29. The Morgan fingerprint density at radius 2 is 1.88 bits per heavy atom. The number of nitrogens with one attached hydrogen (secondary N) is 3. The SMILES string of the molecule is N#Cc1ccc(NS(=O)(=O)NC(=O)C23CC2/C=C\CCCCCC(OC(N)=O)C(=O)N2CCCC2C(=O)N3)cc1. The summed E-state index contributed by atoms with van der Waals surface area (Å²) in [6.45, 7) is 0.265. The Bertz CT molecular complexity index is 1340. The number of nitrogens with two attached hydrogens (primary N) is 1. The van der Waals surface area contributed by atoms with Crippen LogP contribution in [0.2, 0.25) is 0 Å². The van der Waals surface area contributed by atoms with Crippen LogP contribution in [0.25, 0.3) is 0 Å². The van der Waals surface area contributed by atoms with Crippen LogP contribution >= 0.6 is 0 Å². The first kappa shape index (κ1) is 28.9. The highest BCUT2D eigenvalue weighted by atomic mass is 32.2. The lowest BCUT2D eigenvalue weighted by molar-refractivity contribution is -0.146. The number of allylic oxidation sites excluding steroid dienone is 1. The van der Waals surface area contributed by atoms with Gasteiger partial charge in [0, 0.05) is 12.5 Å². The largest absolute Gasteiger partial charge is 0.436 e. The number of rotatable bonds is 5. The summed E-state index contributed by atoms with van der Waals surface area (Å²) in [4.78, 5) is 52.9. The number of benzene rings is 1. The first-order valence-electron chi connectivity index (χ1n) is 13.1. The predicted octanol–water partition coefficient (Wildman–Crippen LogP) is 1.18. The summed E-state index contributed by atoms with van der Waals surface area (Å²) >= 11 is 0. The number of hydrogen-bond acceptors (Lipinski definition) is 8. The van der Waals surface area contributed by atoms with E-state index in [1.54, 1.807) is 6.08 Å². The molecule has 2 aliphatic heterocycles. The number of primary amides is 1. The molecular formula is C26H32N6O7S. The van der Waals surface area contributed by atoms with Crippen molar-refractivity contribution >= 4 is 39.7 Å². The van der Waals surface area contributed by atoms with Gasteiger partial charge in [0.05, 0.1) is 17.3 Å². The first-order valence-corrected chi connectivity index (χ1v) is 14.6. The van der Waals surface area contributed by atoms with Crippen molar-refractivity contribution in [2.45, 2.75) is 69.1 Å². The van der Waals surface area contributed by atoms with E-state index in [0.29, 0.717) is 31.2 Å². The maximum absolute atomic E-state index is 13.4. The van der Waals surface area contributed by atoms with Gasteiger partial charge < -0.3 is 20.7 Å². The lowest BCUT2D eigenvalue weighted by atomic mass is 10.1. The maximum atomic E-state index is 13.4. The number of carbonyl (C=O) groups is 4. The monoisotopic (exact) mass is 572 g/mol. The van der Waals surface area contributed by atoms with Crippen molar-refractivity contribution in [3.8, 4) is 6.07 Å². The zero-order chi connectivity index (χ0) is 28.9. The second-order valence-electron chi connectivity index (χ2n) is 10.2. The Hall–Kier alpha value is -4.12. The minimum absolute atomic E-state index is 0.142. The number of amides is 4. The fourth-order valence-electron chi connectivity index (χ4n) is 5.18. The molecule has 214 valence electrons. The molecular weight excluding hydrogens is 540 g/mol. The Morgan fingerprint density at radius 1 is 1.12 bits per heavy atom. The molecule has 4 rings (SSSR count). The van der Waals surface area contributed by atoms with Crippen LogP contribution in [-0.4, -0.2) is 61.4 Å². The third-order valence-electron chi connectivity index (χ3n) is 7.34. The predicted molar refractivity (Wildman–Crippen MR) is 142 cm³/mol. The van der Waals surface area contributed by atoms with Gasteiger partial charge in [0.1, 0.15) is 11.6 Å². The Morgan fingerprint density at radius 3 is 2.58 bits per heavy atom. The molecule has 5 N–H and O–H groups in total. The number of nitriles is 1. The van der Waals surface area contributed by atoms with Crippen LogP contribution < -0.4 is 20.5 Å². The zero-order valence-corrected chi connectivity index (χ0v) is 22.6. The molecule has 1 saturated heterocycles. The summed E-state index contributed by atoms with van der Waals surface area (Å²) in [5.41, 5.74) is 4.14. The minimum atomic E-state index is -4.38. The molecule has 3 aliphatic rings. The molecule has 2 fully saturated rings. The highest BCUT2D eigenvalue weighted by Gasteiger charge is 2.61. The molecule has 1 saturated carbocycles. The molecule has 1 aliphatic carbocycles. The topological polar surface area (TPSA) is 201 Å². The molecule has 4 amide bonds.